The van der Waals surface area contributed by atoms with Crippen LogP contribution in [0, 0.1) is 0 Å². The van der Waals surface area contributed by atoms with Crippen LogP contribution >= 0.6 is 11.3 Å². The highest BCUT2D eigenvalue weighted by Gasteiger charge is 2.25. The lowest BCUT2D eigenvalue weighted by molar-refractivity contribution is 0.602. The second kappa shape index (κ2) is 4.86. The highest BCUT2D eigenvalue weighted by molar-refractivity contribution is 7.26. The molecule has 0 aliphatic heterocycles. The molecule has 0 bridgehead atoms. The third-order valence-corrected chi connectivity index (χ3v) is 6.50. The van der Waals surface area contributed by atoms with Crippen molar-refractivity contribution < 1.29 is 0 Å². The van der Waals surface area contributed by atoms with Gasteiger partial charge in [0.25, 0.3) is 0 Å². The molecule has 5 rings (SSSR count). The molecule has 2 heteroatoms. The first kappa shape index (κ1) is 15.0. The molecule has 25 heavy (non-hydrogen) atoms. The van der Waals surface area contributed by atoms with E-state index in [1.165, 1.54) is 47.5 Å². The van der Waals surface area contributed by atoms with Gasteiger partial charge in [-0.2, -0.15) is 0 Å². The van der Waals surface area contributed by atoms with Gasteiger partial charge in [-0.1, -0.05) is 57.2 Å². The number of aryl methyl sites for hydroxylation is 1. The number of aromatic nitrogens is 1. The Labute approximate surface area is 151 Å². The zero-order valence-electron chi connectivity index (χ0n) is 15.1. The van der Waals surface area contributed by atoms with Crippen LogP contribution in [-0.4, -0.2) is 4.57 Å². The number of thiophene rings is 1. The monoisotopic (exact) mass is 343 g/mol. The molecule has 2 aromatic heterocycles. The van der Waals surface area contributed by atoms with Gasteiger partial charge >= 0.3 is 0 Å². The molecule has 0 aliphatic carbocycles. The summed E-state index contributed by atoms with van der Waals surface area (Å²) in [5.74, 6) is 0. The van der Waals surface area contributed by atoms with Crippen LogP contribution in [-0.2, 0) is 12.5 Å². The number of para-hydroxylation sites is 1. The van der Waals surface area contributed by atoms with Crippen LogP contribution in [0.1, 0.15) is 26.3 Å². The fourth-order valence-corrected chi connectivity index (χ4v) is 5.65. The molecule has 0 N–H and O–H groups in total. The van der Waals surface area contributed by atoms with E-state index in [1.54, 1.807) is 0 Å². The number of hydrogen-bond donors (Lipinski definition) is 0. The van der Waals surface area contributed by atoms with Crippen molar-refractivity contribution >= 4 is 53.3 Å². The summed E-state index contributed by atoms with van der Waals surface area (Å²) in [4.78, 5) is 0. The van der Waals surface area contributed by atoms with Crippen molar-refractivity contribution in [1.29, 1.82) is 0 Å². The topological polar surface area (TPSA) is 4.93 Å². The average Bonchev–Trinajstić information content (AvgIpc) is 3.09. The molecular weight excluding hydrogens is 322 g/mol. The maximum Gasteiger partial charge on any atom is 0.0498 e. The van der Waals surface area contributed by atoms with E-state index < -0.39 is 0 Å². The fourth-order valence-electron chi connectivity index (χ4n) is 4.20. The summed E-state index contributed by atoms with van der Waals surface area (Å²) in [5.41, 5.74) is 4.22. The van der Waals surface area contributed by atoms with Crippen molar-refractivity contribution in [2.75, 3.05) is 0 Å². The molecule has 5 aromatic rings. The van der Waals surface area contributed by atoms with Gasteiger partial charge < -0.3 is 4.57 Å². The Morgan fingerprint density at radius 2 is 1.48 bits per heavy atom. The van der Waals surface area contributed by atoms with Gasteiger partial charge in [0.15, 0.2) is 0 Å². The highest BCUT2D eigenvalue weighted by Crippen LogP contribution is 2.46. The minimum absolute atomic E-state index is 0.0861. The molecular formula is C23H21NS. The van der Waals surface area contributed by atoms with Crippen molar-refractivity contribution in [2.45, 2.75) is 26.2 Å². The van der Waals surface area contributed by atoms with Gasteiger partial charge in [-0.15, -0.1) is 11.3 Å². The maximum absolute atomic E-state index is 2.40. The molecule has 124 valence electrons. The molecule has 0 saturated carbocycles. The van der Waals surface area contributed by atoms with E-state index in [0.29, 0.717) is 0 Å². The van der Waals surface area contributed by atoms with Crippen LogP contribution in [0.3, 0.4) is 0 Å². The zero-order chi connectivity index (χ0) is 17.3. The third kappa shape index (κ3) is 1.95. The zero-order valence-corrected chi connectivity index (χ0v) is 15.9. The van der Waals surface area contributed by atoms with Crippen LogP contribution in [0.15, 0.2) is 54.6 Å². The summed E-state index contributed by atoms with van der Waals surface area (Å²) in [7, 11) is 2.19. The average molecular weight is 343 g/mol. The Balaban J connectivity index is 2.16. The minimum atomic E-state index is 0.0861. The lowest BCUT2D eigenvalue weighted by Gasteiger charge is -2.22. The first-order chi connectivity index (χ1) is 12.0. The molecule has 0 radical (unpaired) electrons. The van der Waals surface area contributed by atoms with Gasteiger partial charge in [-0.25, -0.2) is 0 Å². The van der Waals surface area contributed by atoms with Gasteiger partial charge in [-0.05, 0) is 29.2 Å². The Hall–Kier alpha value is -2.32. The van der Waals surface area contributed by atoms with Gasteiger partial charge in [-0.3, -0.25) is 0 Å². The summed E-state index contributed by atoms with van der Waals surface area (Å²) in [6, 6.07) is 20.0. The Morgan fingerprint density at radius 3 is 2.24 bits per heavy atom. The number of fused-ring (bicyclic) bond motifs is 6. The summed E-state index contributed by atoms with van der Waals surface area (Å²) >= 11 is 1.94. The lowest BCUT2D eigenvalue weighted by Crippen LogP contribution is -2.11. The van der Waals surface area contributed by atoms with Crippen LogP contribution in [0.4, 0.5) is 0 Å². The van der Waals surface area contributed by atoms with Crippen molar-refractivity contribution in [3.05, 3.63) is 60.2 Å². The van der Waals surface area contributed by atoms with E-state index in [2.05, 4.69) is 87.0 Å². The van der Waals surface area contributed by atoms with Crippen LogP contribution in [0.25, 0.3) is 42.0 Å². The Bertz CT molecular complexity index is 1280. The maximum atomic E-state index is 2.40. The van der Waals surface area contributed by atoms with Crippen molar-refractivity contribution in [3.63, 3.8) is 0 Å². The molecule has 0 unspecified atom stereocenters. The molecule has 0 fully saturated rings. The normalized spacial score (nSPS) is 12.8. The number of rotatable bonds is 0. The Kier molecular flexibility index (Phi) is 2.91. The molecule has 3 aromatic carbocycles. The van der Waals surface area contributed by atoms with Crippen LogP contribution in [0.5, 0.6) is 0 Å². The van der Waals surface area contributed by atoms with Crippen LogP contribution in [0.2, 0.25) is 0 Å². The smallest absolute Gasteiger partial charge is 0.0498 e. The van der Waals surface area contributed by atoms with E-state index in [9.17, 15) is 0 Å². The van der Waals surface area contributed by atoms with Gasteiger partial charge in [0.1, 0.15) is 0 Å². The predicted octanol–water partition coefficient (Wildman–Crippen LogP) is 7.00. The molecule has 0 aliphatic rings. The second-order valence-electron chi connectivity index (χ2n) is 7.95. The first-order valence-electron chi connectivity index (χ1n) is 8.78. The summed E-state index contributed by atoms with van der Waals surface area (Å²) in [6.07, 6.45) is 0. The molecule has 0 saturated heterocycles. The second-order valence-corrected chi connectivity index (χ2v) is 9.00. The van der Waals surface area contributed by atoms with Gasteiger partial charge in [0.05, 0.1) is 0 Å². The minimum Gasteiger partial charge on any atom is -0.344 e. The quantitative estimate of drug-likeness (QED) is 0.285. The van der Waals surface area contributed by atoms with Gasteiger partial charge in [0.2, 0.25) is 0 Å². The third-order valence-electron chi connectivity index (χ3n) is 5.29. The van der Waals surface area contributed by atoms with Crippen molar-refractivity contribution in [2.24, 2.45) is 7.05 Å². The summed E-state index contributed by atoms with van der Waals surface area (Å²) in [6.45, 7) is 7.02. The molecule has 0 amide bonds. The standard InChI is InChI=1S/C23H21NS/c1-23(2,3)21-20-15-10-5-7-11-17(15)24(4)18(20)13-16-14-9-6-8-12-19(14)25-22(16)21/h5-13H,1-4H3. The van der Waals surface area contributed by atoms with E-state index in [0.717, 1.165) is 0 Å². The molecule has 2 heterocycles. The Morgan fingerprint density at radius 1 is 0.800 bits per heavy atom. The fraction of sp³-hybridized carbons (Fsp3) is 0.217. The molecule has 0 atom stereocenters. The summed E-state index contributed by atoms with van der Waals surface area (Å²) < 4.78 is 5.17. The number of nitrogens with zero attached hydrogens (tertiary/aromatic N) is 1. The lowest BCUT2D eigenvalue weighted by atomic mass is 9.83. The largest absolute Gasteiger partial charge is 0.344 e. The molecule has 1 nitrogen and oxygen atoms in total. The number of benzene rings is 3. The predicted molar refractivity (Wildman–Crippen MR) is 112 cm³/mol. The van der Waals surface area contributed by atoms with E-state index >= 15 is 0 Å². The van der Waals surface area contributed by atoms with E-state index in [4.69, 9.17) is 0 Å². The number of hydrogen-bond acceptors (Lipinski definition) is 1. The van der Waals surface area contributed by atoms with Crippen molar-refractivity contribution in [3.8, 4) is 0 Å². The highest BCUT2D eigenvalue weighted by atomic mass is 32.1. The molecule has 0 spiro atoms. The van der Waals surface area contributed by atoms with Crippen LogP contribution < -0.4 is 0 Å². The summed E-state index contributed by atoms with van der Waals surface area (Å²) in [5, 5.41) is 5.55. The van der Waals surface area contributed by atoms with E-state index in [-0.39, 0.29) is 5.41 Å². The van der Waals surface area contributed by atoms with Crippen molar-refractivity contribution in [1.82, 2.24) is 4.57 Å². The SMILES string of the molecule is Cn1c2ccccc2c2c(C(C)(C)C)c3sc4ccccc4c3cc21. The van der Waals surface area contributed by atoms with Gasteiger partial charge in [0, 0.05) is 49.0 Å². The first-order valence-corrected chi connectivity index (χ1v) is 9.60. The van der Waals surface area contributed by atoms with E-state index in [1.807, 2.05) is 11.3 Å².